The number of aromatic nitrogens is 1. The van der Waals surface area contributed by atoms with Crippen LogP contribution in [0.15, 0.2) is 90.3 Å². The second-order valence-corrected chi connectivity index (χ2v) is 6.92. The van der Waals surface area contributed by atoms with Gasteiger partial charge in [0.15, 0.2) is 0 Å². The summed E-state index contributed by atoms with van der Waals surface area (Å²) in [4.78, 5) is 20.5. The van der Waals surface area contributed by atoms with Gasteiger partial charge in [0.25, 0.3) is 0 Å². The number of anilines is 1. The molecule has 3 rings (SSSR count). The van der Waals surface area contributed by atoms with E-state index in [1.54, 1.807) is 24.7 Å². The maximum absolute atomic E-state index is 12.0. The summed E-state index contributed by atoms with van der Waals surface area (Å²) in [6.07, 6.45) is 8.80. The Balaban J connectivity index is 1.47. The minimum atomic E-state index is 0.00241. The highest BCUT2D eigenvalue weighted by Gasteiger charge is 2.04. The minimum Gasteiger partial charge on any atom is -0.404 e. The molecule has 0 spiro atoms. The van der Waals surface area contributed by atoms with E-state index < -0.39 is 0 Å². The van der Waals surface area contributed by atoms with Crippen molar-refractivity contribution in [3.63, 3.8) is 0 Å². The van der Waals surface area contributed by atoms with E-state index in [1.807, 2.05) is 42.6 Å². The Morgan fingerprint density at radius 2 is 1.80 bits per heavy atom. The molecule has 30 heavy (non-hydrogen) atoms. The normalized spacial score (nSPS) is 11.5. The highest BCUT2D eigenvalue weighted by Crippen LogP contribution is 2.15. The summed E-state index contributed by atoms with van der Waals surface area (Å²) < 4.78 is 0. The number of benzene rings is 2. The third-order valence-electron chi connectivity index (χ3n) is 4.63. The predicted octanol–water partition coefficient (Wildman–Crippen LogP) is 4.61. The summed E-state index contributed by atoms with van der Waals surface area (Å²) in [5.74, 6) is 0.00241. The number of hydrogen-bond donors (Lipinski definition) is 2. The third-order valence-corrected chi connectivity index (χ3v) is 4.63. The van der Waals surface area contributed by atoms with Crippen molar-refractivity contribution in [3.8, 4) is 0 Å². The Bertz CT molecular complexity index is 981. The molecule has 5 nitrogen and oxygen atoms in total. The fraction of sp³-hybridized carbons (Fsp3) is 0.160. The second kappa shape index (κ2) is 11.3. The van der Waals surface area contributed by atoms with Crippen LogP contribution in [0.25, 0.3) is 5.57 Å². The summed E-state index contributed by atoms with van der Waals surface area (Å²) in [5, 5.41) is 2.85. The Morgan fingerprint density at radius 1 is 1.00 bits per heavy atom. The number of nitrogens with one attached hydrogen (secondary N) is 1. The molecule has 5 heteroatoms. The SMILES string of the molecule is N/C=C(\C=NCc1ccccc1)c1ccc(CCCC(=O)Nc2cccnc2)cc1. The summed E-state index contributed by atoms with van der Waals surface area (Å²) in [6.45, 7) is 0.622. The van der Waals surface area contributed by atoms with Crippen LogP contribution in [0.3, 0.4) is 0 Å². The van der Waals surface area contributed by atoms with Crippen molar-refractivity contribution in [2.75, 3.05) is 5.32 Å². The number of nitrogens with two attached hydrogens (primary N) is 1. The molecule has 0 fully saturated rings. The van der Waals surface area contributed by atoms with Crippen LogP contribution < -0.4 is 11.1 Å². The molecular weight excluding hydrogens is 372 g/mol. The van der Waals surface area contributed by atoms with Crippen LogP contribution in [-0.2, 0) is 17.8 Å². The third kappa shape index (κ3) is 6.71. The lowest BCUT2D eigenvalue weighted by atomic mass is 10.0. The number of nitrogens with zero attached hydrogens (tertiary/aromatic N) is 2. The number of allylic oxidation sites excluding steroid dienone is 1. The van der Waals surface area contributed by atoms with Gasteiger partial charge in [0.1, 0.15) is 0 Å². The van der Waals surface area contributed by atoms with Crippen molar-refractivity contribution >= 4 is 23.4 Å². The maximum atomic E-state index is 12.0. The van der Waals surface area contributed by atoms with Gasteiger partial charge in [-0.05, 0) is 41.7 Å². The van der Waals surface area contributed by atoms with E-state index in [2.05, 4.69) is 39.6 Å². The van der Waals surface area contributed by atoms with E-state index in [0.29, 0.717) is 13.0 Å². The maximum Gasteiger partial charge on any atom is 0.224 e. The highest BCUT2D eigenvalue weighted by atomic mass is 16.1. The molecule has 0 aliphatic carbocycles. The van der Waals surface area contributed by atoms with E-state index in [1.165, 1.54) is 5.56 Å². The van der Waals surface area contributed by atoms with Crippen LogP contribution >= 0.6 is 0 Å². The highest BCUT2D eigenvalue weighted by molar-refractivity contribution is 6.09. The lowest BCUT2D eigenvalue weighted by Gasteiger charge is -2.06. The zero-order valence-corrected chi connectivity index (χ0v) is 16.9. The average Bonchev–Trinajstić information content (AvgIpc) is 2.79. The molecule has 0 radical (unpaired) electrons. The summed E-state index contributed by atoms with van der Waals surface area (Å²) >= 11 is 0. The van der Waals surface area contributed by atoms with Crippen LogP contribution in [0.4, 0.5) is 5.69 Å². The van der Waals surface area contributed by atoms with E-state index >= 15 is 0 Å². The van der Waals surface area contributed by atoms with Crippen LogP contribution in [0.1, 0.15) is 29.5 Å². The quantitative estimate of drug-likeness (QED) is 0.516. The van der Waals surface area contributed by atoms with Crippen LogP contribution in [0.2, 0.25) is 0 Å². The number of hydrogen-bond acceptors (Lipinski definition) is 4. The van der Waals surface area contributed by atoms with Gasteiger partial charge in [-0.2, -0.15) is 0 Å². The first-order valence-electron chi connectivity index (χ1n) is 9.99. The van der Waals surface area contributed by atoms with E-state index in [0.717, 1.165) is 35.2 Å². The number of carbonyl (C=O) groups is 1. The number of aryl methyl sites for hydroxylation is 1. The zero-order chi connectivity index (χ0) is 21.0. The Labute approximate surface area is 177 Å². The molecule has 3 aromatic rings. The summed E-state index contributed by atoms with van der Waals surface area (Å²) in [5.41, 5.74) is 10.8. The van der Waals surface area contributed by atoms with Crippen molar-refractivity contribution in [3.05, 3.63) is 102 Å². The Hall–Kier alpha value is -3.73. The molecule has 0 saturated carbocycles. The van der Waals surface area contributed by atoms with Gasteiger partial charge in [-0.3, -0.25) is 14.8 Å². The number of pyridine rings is 1. The molecule has 0 unspecified atom stereocenters. The summed E-state index contributed by atoms with van der Waals surface area (Å²) in [6, 6.07) is 22.0. The molecular formula is C25H26N4O. The molecule has 0 bridgehead atoms. The van der Waals surface area contributed by atoms with Gasteiger partial charge in [-0.1, -0.05) is 54.6 Å². The monoisotopic (exact) mass is 398 g/mol. The van der Waals surface area contributed by atoms with Crippen LogP contribution in [-0.4, -0.2) is 17.1 Å². The fourth-order valence-electron chi connectivity index (χ4n) is 3.02. The van der Waals surface area contributed by atoms with Crippen molar-refractivity contribution in [1.82, 2.24) is 4.98 Å². The molecule has 0 saturated heterocycles. The molecule has 152 valence electrons. The van der Waals surface area contributed by atoms with Crippen molar-refractivity contribution < 1.29 is 4.79 Å². The standard InChI is InChI=1S/C25H26N4O/c26-16-23(18-28-17-21-6-2-1-3-7-21)22-13-11-20(12-14-22)8-4-10-25(30)29-24-9-5-15-27-19-24/h1-3,5-7,9,11-16,18-19H,4,8,10,17,26H2,(H,29,30)/b23-16+,28-18?. The van der Waals surface area contributed by atoms with Gasteiger partial charge in [0.2, 0.25) is 5.91 Å². The fourth-order valence-corrected chi connectivity index (χ4v) is 3.02. The molecule has 1 heterocycles. The molecule has 0 aliphatic heterocycles. The smallest absolute Gasteiger partial charge is 0.224 e. The average molecular weight is 399 g/mol. The van der Waals surface area contributed by atoms with Crippen LogP contribution in [0.5, 0.6) is 0 Å². The first kappa shape index (κ1) is 21.0. The van der Waals surface area contributed by atoms with Crippen molar-refractivity contribution in [2.45, 2.75) is 25.8 Å². The lowest BCUT2D eigenvalue weighted by Crippen LogP contribution is -2.11. The number of carbonyl (C=O) groups excluding carboxylic acids is 1. The molecule has 1 amide bonds. The molecule has 0 aliphatic rings. The van der Waals surface area contributed by atoms with Crippen molar-refractivity contribution in [1.29, 1.82) is 0 Å². The molecule has 0 atom stereocenters. The largest absolute Gasteiger partial charge is 0.404 e. The molecule has 3 N–H and O–H groups in total. The number of aliphatic imine (C=N–C) groups is 1. The molecule has 1 aromatic heterocycles. The van der Waals surface area contributed by atoms with Gasteiger partial charge in [-0.15, -0.1) is 0 Å². The minimum absolute atomic E-state index is 0.00241. The topological polar surface area (TPSA) is 80.4 Å². The van der Waals surface area contributed by atoms with Gasteiger partial charge in [0, 0.05) is 30.6 Å². The first-order valence-corrected chi connectivity index (χ1v) is 9.99. The number of amides is 1. The summed E-state index contributed by atoms with van der Waals surface area (Å²) in [7, 11) is 0. The van der Waals surface area contributed by atoms with Crippen LogP contribution in [0, 0.1) is 0 Å². The first-order chi connectivity index (χ1) is 14.7. The molecule has 2 aromatic carbocycles. The second-order valence-electron chi connectivity index (χ2n) is 6.92. The van der Waals surface area contributed by atoms with Gasteiger partial charge in [0.05, 0.1) is 18.4 Å². The Morgan fingerprint density at radius 3 is 2.50 bits per heavy atom. The van der Waals surface area contributed by atoms with Gasteiger partial charge >= 0.3 is 0 Å². The lowest BCUT2D eigenvalue weighted by molar-refractivity contribution is -0.116. The predicted molar refractivity (Wildman–Crippen MR) is 123 cm³/mol. The van der Waals surface area contributed by atoms with E-state index in [-0.39, 0.29) is 5.91 Å². The van der Waals surface area contributed by atoms with E-state index in [9.17, 15) is 4.79 Å². The van der Waals surface area contributed by atoms with Crippen molar-refractivity contribution in [2.24, 2.45) is 10.7 Å². The van der Waals surface area contributed by atoms with Gasteiger partial charge in [-0.25, -0.2) is 0 Å². The van der Waals surface area contributed by atoms with Gasteiger partial charge < -0.3 is 11.1 Å². The number of rotatable bonds is 9. The zero-order valence-electron chi connectivity index (χ0n) is 16.9. The Kier molecular flexibility index (Phi) is 7.92. The van der Waals surface area contributed by atoms with E-state index in [4.69, 9.17) is 5.73 Å².